The largest absolute Gasteiger partial charge is 0.330 e. The number of aliphatic imine (C=N–C) groups is 1. The highest BCUT2D eigenvalue weighted by Crippen LogP contribution is 2.17. The second kappa shape index (κ2) is 4.25. The monoisotopic (exact) mass is 242 g/mol. The van der Waals surface area contributed by atoms with E-state index < -0.39 is 0 Å². The highest BCUT2D eigenvalue weighted by Gasteiger charge is 2.22. The molecule has 1 aliphatic rings. The zero-order chi connectivity index (χ0) is 12.5. The number of fused-ring (bicyclic) bond motifs is 1. The summed E-state index contributed by atoms with van der Waals surface area (Å²) in [5, 5.41) is 7.91. The lowest BCUT2D eigenvalue weighted by molar-refractivity contribution is 0.0774. The van der Waals surface area contributed by atoms with E-state index in [9.17, 15) is 4.79 Å². The van der Waals surface area contributed by atoms with Crippen LogP contribution < -0.4 is 0 Å². The van der Waals surface area contributed by atoms with Crippen LogP contribution in [0.25, 0.3) is 10.9 Å². The van der Waals surface area contributed by atoms with Crippen LogP contribution in [0.5, 0.6) is 0 Å². The van der Waals surface area contributed by atoms with E-state index in [-0.39, 0.29) is 5.91 Å². The van der Waals surface area contributed by atoms with Crippen LogP contribution in [0.4, 0.5) is 0 Å². The molecular formula is C13H14N4O. The van der Waals surface area contributed by atoms with Crippen LogP contribution in [0.3, 0.4) is 0 Å². The maximum Gasteiger partial charge on any atom is 0.275 e. The zero-order valence-corrected chi connectivity index (χ0v) is 10.2. The fourth-order valence-corrected chi connectivity index (χ4v) is 2.22. The Morgan fingerprint density at radius 2 is 2.22 bits per heavy atom. The van der Waals surface area contributed by atoms with E-state index in [1.54, 1.807) is 4.90 Å². The van der Waals surface area contributed by atoms with Crippen molar-refractivity contribution in [1.29, 1.82) is 0 Å². The molecular weight excluding hydrogens is 228 g/mol. The normalized spacial score (nSPS) is 15.8. The fourth-order valence-electron chi connectivity index (χ4n) is 2.22. The highest BCUT2D eigenvalue weighted by molar-refractivity contribution is 6.06. The first-order valence-corrected chi connectivity index (χ1v) is 5.98. The third-order valence-corrected chi connectivity index (χ3v) is 3.13. The lowest BCUT2D eigenvalue weighted by Crippen LogP contribution is -2.40. The number of hydrogen-bond acceptors (Lipinski definition) is 3. The molecule has 2 heterocycles. The zero-order valence-electron chi connectivity index (χ0n) is 10.2. The fraction of sp³-hybridized carbons (Fsp3) is 0.308. The molecule has 0 unspecified atom stereocenters. The van der Waals surface area contributed by atoms with Crippen molar-refractivity contribution in [2.75, 3.05) is 19.6 Å². The molecule has 92 valence electrons. The molecule has 1 aromatic heterocycles. The summed E-state index contributed by atoms with van der Waals surface area (Å²) in [6.07, 6.45) is 0. The molecule has 3 rings (SSSR count). The van der Waals surface area contributed by atoms with E-state index in [2.05, 4.69) is 15.2 Å². The molecule has 1 aromatic carbocycles. The number of rotatable bonds is 1. The van der Waals surface area contributed by atoms with Crippen LogP contribution in [0.2, 0.25) is 0 Å². The molecule has 0 spiro atoms. The Hall–Kier alpha value is -2.17. The highest BCUT2D eigenvalue weighted by atomic mass is 16.2. The van der Waals surface area contributed by atoms with Gasteiger partial charge in [-0.1, -0.05) is 18.2 Å². The van der Waals surface area contributed by atoms with Crippen molar-refractivity contribution in [2.45, 2.75) is 6.92 Å². The first-order valence-electron chi connectivity index (χ1n) is 5.98. The molecule has 0 radical (unpaired) electrons. The Labute approximate surface area is 105 Å². The Morgan fingerprint density at radius 1 is 1.39 bits per heavy atom. The average molecular weight is 242 g/mol. The number of benzene rings is 1. The Balaban J connectivity index is 1.95. The SMILES string of the molecule is CC1=NCCN(C(=O)c2n[nH]c3ccccc23)C1. The third kappa shape index (κ3) is 1.77. The molecule has 1 amide bonds. The van der Waals surface area contributed by atoms with Crippen molar-refractivity contribution < 1.29 is 4.79 Å². The maximum absolute atomic E-state index is 12.4. The molecule has 0 bridgehead atoms. The number of para-hydroxylation sites is 1. The quantitative estimate of drug-likeness (QED) is 0.823. The first kappa shape index (κ1) is 11.0. The number of carbonyl (C=O) groups excluding carboxylic acids is 1. The molecule has 18 heavy (non-hydrogen) atoms. The molecule has 5 heteroatoms. The number of hydrogen-bond donors (Lipinski definition) is 1. The summed E-state index contributed by atoms with van der Waals surface area (Å²) >= 11 is 0. The average Bonchev–Trinajstić information content (AvgIpc) is 2.82. The number of H-pyrrole nitrogens is 1. The molecule has 1 N–H and O–H groups in total. The van der Waals surface area contributed by atoms with Crippen LogP contribution in [0.15, 0.2) is 29.3 Å². The summed E-state index contributed by atoms with van der Waals surface area (Å²) in [7, 11) is 0. The van der Waals surface area contributed by atoms with Gasteiger partial charge in [0.2, 0.25) is 0 Å². The van der Waals surface area contributed by atoms with E-state index in [0.717, 1.165) is 16.6 Å². The van der Waals surface area contributed by atoms with Crippen molar-refractivity contribution in [3.8, 4) is 0 Å². The van der Waals surface area contributed by atoms with Crippen molar-refractivity contribution in [3.05, 3.63) is 30.0 Å². The van der Waals surface area contributed by atoms with Gasteiger partial charge in [-0.05, 0) is 13.0 Å². The molecule has 5 nitrogen and oxygen atoms in total. The molecule has 1 aliphatic heterocycles. The Kier molecular flexibility index (Phi) is 2.59. The summed E-state index contributed by atoms with van der Waals surface area (Å²) in [4.78, 5) is 18.5. The van der Waals surface area contributed by atoms with Gasteiger partial charge in [0.15, 0.2) is 5.69 Å². The van der Waals surface area contributed by atoms with Crippen LogP contribution in [0, 0.1) is 0 Å². The van der Waals surface area contributed by atoms with E-state index >= 15 is 0 Å². The van der Waals surface area contributed by atoms with Gasteiger partial charge < -0.3 is 4.90 Å². The minimum atomic E-state index is -0.0262. The number of carbonyl (C=O) groups is 1. The predicted molar refractivity (Wildman–Crippen MR) is 70.0 cm³/mol. The Bertz CT molecular complexity index is 629. The number of nitrogens with zero attached hydrogens (tertiary/aromatic N) is 3. The number of aromatic nitrogens is 2. The second-order valence-corrected chi connectivity index (χ2v) is 4.46. The molecule has 0 fully saturated rings. The van der Waals surface area contributed by atoms with Crippen LogP contribution in [0.1, 0.15) is 17.4 Å². The van der Waals surface area contributed by atoms with Crippen LogP contribution >= 0.6 is 0 Å². The van der Waals surface area contributed by atoms with Gasteiger partial charge in [0, 0.05) is 17.6 Å². The van der Waals surface area contributed by atoms with Crippen molar-refractivity contribution in [1.82, 2.24) is 15.1 Å². The van der Waals surface area contributed by atoms with Gasteiger partial charge in [-0.15, -0.1) is 0 Å². The van der Waals surface area contributed by atoms with Gasteiger partial charge in [-0.3, -0.25) is 14.9 Å². The van der Waals surface area contributed by atoms with Gasteiger partial charge in [0.05, 0.1) is 18.6 Å². The van der Waals surface area contributed by atoms with E-state index in [1.807, 2.05) is 31.2 Å². The summed E-state index contributed by atoms with van der Waals surface area (Å²) in [5.41, 5.74) is 2.39. The molecule has 2 aromatic rings. The number of nitrogens with one attached hydrogen (secondary N) is 1. The first-order chi connectivity index (χ1) is 8.75. The van der Waals surface area contributed by atoms with Crippen molar-refractivity contribution in [3.63, 3.8) is 0 Å². The molecule has 0 aliphatic carbocycles. The van der Waals surface area contributed by atoms with Gasteiger partial charge in [0.1, 0.15) is 0 Å². The van der Waals surface area contributed by atoms with Gasteiger partial charge in [-0.2, -0.15) is 5.10 Å². The third-order valence-electron chi connectivity index (χ3n) is 3.13. The van der Waals surface area contributed by atoms with E-state index in [4.69, 9.17) is 0 Å². The summed E-state index contributed by atoms with van der Waals surface area (Å²) < 4.78 is 0. The van der Waals surface area contributed by atoms with E-state index in [1.165, 1.54) is 0 Å². The predicted octanol–water partition coefficient (Wildman–Crippen LogP) is 1.48. The maximum atomic E-state index is 12.4. The summed E-state index contributed by atoms with van der Waals surface area (Å²) in [6, 6.07) is 7.67. The number of amides is 1. The van der Waals surface area contributed by atoms with Gasteiger partial charge >= 0.3 is 0 Å². The molecule has 0 atom stereocenters. The Morgan fingerprint density at radius 3 is 3.06 bits per heavy atom. The smallest absolute Gasteiger partial charge is 0.275 e. The molecule has 0 saturated heterocycles. The molecule has 0 saturated carbocycles. The standard InChI is InChI=1S/C13H14N4O/c1-9-8-17(7-6-14-9)13(18)12-10-4-2-3-5-11(10)15-16-12/h2-5H,6-8H2,1H3,(H,15,16). The van der Waals surface area contributed by atoms with Gasteiger partial charge in [0.25, 0.3) is 5.91 Å². The minimum absolute atomic E-state index is 0.0262. The van der Waals surface area contributed by atoms with Crippen molar-refractivity contribution >= 4 is 22.5 Å². The summed E-state index contributed by atoms with van der Waals surface area (Å²) in [5.74, 6) is -0.0262. The van der Waals surface area contributed by atoms with Gasteiger partial charge in [-0.25, -0.2) is 0 Å². The number of aromatic amines is 1. The topological polar surface area (TPSA) is 61.4 Å². The van der Waals surface area contributed by atoms with Crippen molar-refractivity contribution in [2.24, 2.45) is 4.99 Å². The van der Waals surface area contributed by atoms with E-state index in [0.29, 0.717) is 25.3 Å². The second-order valence-electron chi connectivity index (χ2n) is 4.46. The lowest BCUT2D eigenvalue weighted by atomic mass is 10.2. The van der Waals surface area contributed by atoms with Crippen LogP contribution in [-0.2, 0) is 0 Å². The lowest BCUT2D eigenvalue weighted by Gasteiger charge is -2.24. The summed E-state index contributed by atoms with van der Waals surface area (Å²) in [6.45, 7) is 3.89. The minimum Gasteiger partial charge on any atom is -0.330 e. The van der Waals surface area contributed by atoms with Crippen LogP contribution in [-0.4, -0.2) is 46.4 Å².